The molecular formula is C12H25N3. The molecule has 1 aliphatic rings. The molecular weight excluding hydrogens is 186 g/mol. The number of hydrogen-bond donors (Lipinski definition) is 0. The standard InChI is InChI=1S/C8H13N3.2C2H6/c1-7-5-8-6-10(2)3-4-11(8)9-7;2*1-2/h5H,3-4,6H2,1-2H3;2*1-2H3. The maximum Gasteiger partial charge on any atom is 0.0597 e. The van der Waals surface area contributed by atoms with Crippen LogP contribution in [0.25, 0.3) is 0 Å². The van der Waals surface area contributed by atoms with Gasteiger partial charge in [0.2, 0.25) is 0 Å². The highest BCUT2D eigenvalue weighted by Gasteiger charge is 2.13. The number of fused-ring (bicyclic) bond motifs is 1. The van der Waals surface area contributed by atoms with E-state index in [4.69, 9.17) is 0 Å². The zero-order valence-corrected chi connectivity index (χ0v) is 11.0. The molecule has 1 aromatic rings. The predicted octanol–water partition coefficient (Wildman–Crippen LogP) is 2.69. The maximum atomic E-state index is 4.38. The number of likely N-dealkylation sites (N-methyl/N-ethyl adjacent to an activating group) is 1. The third kappa shape index (κ3) is 4.04. The van der Waals surface area contributed by atoms with E-state index in [-0.39, 0.29) is 0 Å². The van der Waals surface area contributed by atoms with Gasteiger partial charge >= 0.3 is 0 Å². The normalized spacial score (nSPS) is 14.3. The molecule has 0 N–H and O–H groups in total. The van der Waals surface area contributed by atoms with Crippen molar-refractivity contribution in [2.75, 3.05) is 13.6 Å². The van der Waals surface area contributed by atoms with E-state index in [1.54, 1.807) is 0 Å². The van der Waals surface area contributed by atoms with Crippen LogP contribution in [-0.2, 0) is 13.1 Å². The number of rotatable bonds is 0. The second-order valence-electron chi connectivity index (χ2n) is 3.24. The maximum absolute atomic E-state index is 4.38. The molecule has 0 atom stereocenters. The van der Waals surface area contributed by atoms with E-state index in [1.807, 2.05) is 34.6 Å². The van der Waals surface area contributed by atoms with Crippen molar-refractivity contribution in [1.29, 1.82) is 0 Å². The van der Waals surface area contributed by atoms with Gasteiger partial charge in [0.1, 0.15) is 0 Å². The molecule has 1 aliphatic heterocycles. The van der Waals surface area contributed by atoms with Crippen molar-refractivity contribution in [3.05, 3.63) is 17.5 Å². The molecule has 0 aromatic carbocycles. The average Bonchev–Trinajstić information content (AvgIpc) is 2.63. The Morgan fingerprint density at radius 1 is 1.13 bits per heavy atom. The van der Waals surface area contributed by atoms with Crippen molar-refractivity contribution in [2.24, 2.45) is 0 Å². The Bertz CT molecular complexity index is 266. The lowest BCUT2D eigenvalue weighted by Gasteiger charge is -2.22. The highest BCUT2D eigenvalue weighted by molar-refractivity contribution is 5.09. The van der Waals surface area contributed by atoms with Crippen LogP contribution < -0.4 is 0 Å². The van der Waals surface area contributed by atoms with Gasteiger partial charge in [0, 0.05) is 13.1 Å². The van der Waals surface area contributed by atoms with Gasteiger partial charge in [0.05, 0.1) is 17.9 Å². The van der Waals surface area contributed by atoms with Gasteiger partial charge in [-0.25, -0.2) is 0 Å². The summed E-state index contributed by atoms with van der Waals surface area (Å²) in [5.74, 6) is 0. The summed E-state index contributed by atoms with van der Waals surface area (Å²) in [7, 11) is 2.14. The lowest BCUT2D eigenvalue weighted by molar-refractivity contribution is 0.259. The van der Waals surface area contributed by atoms with Crippen LogP contribution in [0.15, 0.2) is 6.07 Å². The molecule has 3 heteroatoms. The Labute approximate surface area is 94.1 Å². The van der Waals surface area contributed by atoms with Crippen molar-refractivity contribution in [3.63, 3.8) is 0 Å². The summed E-state index contributed by atoms with van der Waals surface area (Å²) in [6.45, 7) is 13.2. The van der Waals surface area contributed by atoms with Crippen LogP contribution in [-0.4, -0.2) is 28.3 Å². The Morgan fingerprint density at radius 3 is 2.33 bits per heavy atom. The van der Waals surface area contributed by atoms with Gasteiger partial charge in [-0.2, -0.15) is 5.10 Å². The Balaban J connectivity index is 0.000000442. The molecule has 0 aliphatic carbocycles. The highest BCUT2D eigenvalue weighted by atomic mass is 15.3. The van der Waals surface area contributed by atoms with Crippen molar-refractivity contribution in [1.82, 2.24) is 14.7 Å². The fourth-order valence-electron chi connectivity index (χ4n) is 1.54. The number of nitrogens with zero attached hydrogens (tertiary/aromatic N) is 3. The van der Waals surface area contributed by atoms with Crippen molar-refractivity contribution in [3.8, 4) is 0 Å². The second-order valence-corrected chi connectivity index (χ2v) is 3.24. The van der Waals surface area contributed by atoms with Crippen LogP contribution in [0.1, 0.15) is 39.1 Å². The van der Waals surface area contributed by atoms with Gasteiger partial charge in [0.25, 0.3) is 0 Å². The van der Waals surface area contributed by atoms with E-state index in [2.05, 4.69) is 27.8 Å². The number of aryl methyl sites for hydroxylation is 1. The third-order valence-electron chi connectivity index (χ3n) is 2.11. The van der Waals surface area contributed by atoms with Gasteiger partial charge < -0.3 is 0 Å². The lowest BCUT2D eigenvalue weighted by Crippen LogP contribution is -2.30. The molecule has 0 unspecified atom stereocenters. The Kier molecular flexibility index (Phi) is 7.05. The SMILES string of the molecule is CC.CC.Cc1cc2n(n1)CCN(C)C2. The summed E-state index contributed by atoms with van der Waals surface area (Å²) in [6.07, 6.45) is 0. The van der Waals surface area contributed by atoms with Crippen molar-refractivity contribution in [2.45, 2.75) is 47.7 Å². The summed E-state index contributed by atoms with van der Waals surface area (Å²) in [5.41, 5.74) is 2.48. The zero-order valence-electron chi connectivity index (χ0n) is 11.0. The summed E-state index contributed by atoms with van der Waals surface area (Å²) >= 11 is 0. The number of aromatic nitrogens is 2. The summed E-state index contributed by atoms with van der Waals surface area (Å²) < 4.78 is 2.11. The van der Waals surface area contributed by atoms with Gasteiger partial charge in [-0.1, -0.05) is 27.7 Å². The fraction of sp³-hybridized carbons (Fsp3) is 0.750. The smallest absolute Gasteiger partial charge is 0.0597 e. The molecule has 0 fully saturated rings. The fourth-order valence-corrected chi connectivity index (χ4v) is 1.54. The lowest BCUT2D eigenvalue weighted by atomic mass is 10.3. The summed E-state index contributed by atoms with van der Waals surface area (Å²) in [5, 5.41) is 4.38. The van der Waals surface area contributed by atoms with Crippen molar-refractivity contribution < 1.29 is 0 Å². The summed E-state index contributed by atoms with van der Waals surface area (Å²) in [6, 6.07) is 2.16. The zero-order chi connectivity index (χ0) is 11.8. The first-order chi connectivity index (χ1) is 7.25. The van der Waals surface area contributed by atoms with Crippen LogP contribution in [0.5, 0.6) is 0 Å². The third-order valence-corrected chi connectivity index (χ3v) is 2.11. The topological polar surface area (TPSA) is 21.1 Å². The molecule has 2 rings (SSSR count). The molecule has 0 saturated carbocycles. The molecule has 88 valence electrons. The minimum absolute atomic E-state index is 1.04. The van der Waals surface area contributed by atoms with Crippen LogP contribution in [0, 0.1) is 6.92 Å². The minimum atomic E-state index is 1.04. The van der Waals surface area contributed by atoms with Crippen LogP contribution in [0.4, 0.5) is 0 Å². The van der Waals surface area contributed by atoms with E-state index < -0.39 is 0 Å². The van der Waals surface area contributed by atoms with E-state index in [0.717, 1.165) is 25.3 Å². The molecule has 0 radical (unpaired) electrons. The molecule has 0 bridgehead atoms. The van der Waals surface area contributed by atoms with E-state index in [9.17, 15) is 0 Å². The second kappa shape index (κ2) is 7.46. The molecule has 0 saturated heterocycles. The first-order valence-electron chi connectivity index (χ1n) is 5.97. The van der Waals surface area contributed by atoms with Gasteiger partial charge in [-0.15, -0.1) is 0 Å². The van der Waals surface area contributed by atoms with Crippen molar-refractivity contribution >= 4 is 0 Å². The summed E-state index contributed by atoms with van der Waals surface area (Å²) in [4.78, 5) is 2.32. The first kappa shape index (κ1) is 14.2. The van der Waals surface area contributed by atoms with E-state index in [0.29, 0.717) is 0 Å². The van der Waals surface area contributed by atoms with Crippen LogP contribution >= 0.6 is 0 Å². The Morgan fingerprint density at radius 2 is 1.73 bits per heavy atom. The predicted molar refractivity (Wildman–Crippen MR) is 66.0 cm³/mol. The van der Waals surface area contributed by atoms with Gasteiger partial charge in [-0.3, -0.25) is 9.58 Å². The number of hydrogen-bond acceptors (Lipinski definition) is 2. The molecule has 15 heavy (non-hydrogen) atoms. The quantitative estimate of drug-likeness (QED) is 0.658. The Hall–Kier alpha value is -0.830. The van der Waals surface area contributed by atoms with E-state index >= 15 is 0 Å². The van der Waals surface area contributed by atoms with Gasteiger partial charge in [0.15, 0.2) is 0 Å². The minimum Gasteiger partial charge on any atom is -0.299 e. The monoisotopic (exact) mass is 211 g/mol. The largest absolute Gasteiger partial charge is 0.299 e. The average molecular weight is 211 g/mol. The highest BCUT2D eigenvalue weighted by Crippen LogP contribution is 2.10. The molecule has 3 nitrogen and oxygen atoms in total. The molecule has 2 heterocycles. The molecule has 1 aromatic heterocycles. The van der Waals surface area contributed by atoms with Crippen LogP contribution in [0.2, 0.25) is 0 Å². The molecule has 0 spiro atoms. The van der Waals surface area contributed by atoms with E-state index in [1.165, 1.54) is 5.69 Å². The molecule has 0 amide bonds. The van der Waals surface area contributed by atoms with Crippen LogP contribution in [0.3, 0.4) is 0 Å². The first-order valence-corrected chi connectivity index (χ1v) is 5.97. The van der Waals surface area contributed by atoms with Gasteiger partial charge in [-0.05, 0) is 20.0 Å².